The molecule has 2 N–H and O–H groups in total. The Labute approximate surface area is 114 Å². The fourth-order valence-corrected chi connectivity index (χ4v) is 2.39. The van der Waals surface area contributed by atoms with Crippen molar-refractivity contribution in [3.8, 4) is 0 Å². The molecule has 0 atom stereocenters. The summed E-state index contributed by atoms with van der Waals surface area (Å²) in [5.74, 6) is -0.396. The lowest BCUT2D eigenvalue weighted by molar-refractivity contribution is 0.0911. The Morgan fingerprint density at radius 3 is 2.50 bits per heavy atom. The van der Waals surface area contributed by atoms with Gasteiger partial charge in [-0.2, -0.15) is 0 Å². The number of hydrazine groups is 1. The summed E-state index contributed by atoms with van der Waals surface area (Å²) in [6.07, 6.45) is -0.688. The molecule has 6 heteroatoms. The molecule has 0 saturated heterocycles. The Kier molecular flexibility index (Phi) is 5.15. The van der Waals surface area contributed by atoms with E-state index in [4.69, 9.17) is 0 Å². The van der Waals surface area contributed by atoms with Crippen LogP contribution < -0.4 is 10.9 Å². The summed E-state index contributed by atoms with van der Waals surface area (Å²) in [6.45, 7) is 5.70. The molecule has 18 heavy (non-hydrogen) atoms. The van der Waals surface area contributed by atoms with Crippen molar-refractivity contribution in [3.63, 3.8) is 0 Å². The van der Waals surface area contributed by atoms with E-state index in [2.05, 4.69) is 31.5 Å². The standard InChI is InChI=1S/C12H15BrN2O3/c1-4-18-12(17)15-14-11(16)10-8(3)5-7(2)6-9(10)13/h5-6H,4H2,1-3H3,(H,14,16)(H,15,17). The zero-order valence-corrected chi connectivity index (χ0v) is 12.1. The zero-order valence-electron chi connectivity index (χ0n) is 10.5. The van der Waals surface area contributed by atoms with Gasteiger partial charge in [0, 0.05) is 4.47 Å². The minimum atomic E-state index is -0.688. The fourth-order valence-electron chi connectivity index (χ4n) is 1.54. The van der Waals surface area contributed by atoms with Gasteiger partial charge in [-0.1, -0.05) is 6.07 Å². The van der Waals surface area contributed by atoms with Crippen LogP contribution in [-0.4, -0.2) is 18.6 Å². The molecule has 98 valence electrons. The second kappa shape index (κ2) is 6.39. The maximum atomic E-state index is 11.9. The number of hydrogen-bond donors (Lipinski definition) is 2. The molecular formula is C12H15BrN2O3. The first-order valence-electron chi connectivity index (χ1n) is 5.45. The first-order valence-corrected chi connectivity index (χ1v) is 6.24. The zero-order chi connectivity index (χ0) is 13.7. The predicted molar refractivity (Wildman–Crippen MR) is 71.2 cm³/mol. The van der Waals surface area contributed by atoms with Crippen LogP contribution in [0.3, 0.4) is 0 Å². The largest absolute Gasteiger partial charge is 0.449 e. The molecule has 0 fully saturated rings. The van der Waals surface area contributed by atoms with E-state index in [0.29, 0.717) is 10.0 Å². The van der Waals surface area contributed by atoms with Gasteiger partial charge < -0.3 is 4.74 Å². The highest BCUT2D eigenvalue weighted by molar-refractivity contribution is 9.10. The van der Waals surface area contributed by atoms with Crippen molar-refractivity contribution in [2.45, 2.75) is 20.8 Å². The summed E-state index contributed by atoms with van der Waals surface area (Å²) in [7, 11) is 0. The Balaban J connectivity index is 2.76. The molecule has 0 heterocycles. The lowest BCUT2D eigenvalue weighted by Gasteiger charge is -2.11. The minimum absolute atomic E-state index is 0.245. The molecule has 0 radical (unpaired) electrons. The van der Waals surface area contributed by atoms with Crippen molar-refractivity contribution in [2.75, 3.05) is 6.61 Å². The molecule has 5 nitrogen and oxygen atoms in total. The molecule has 0 aliphatic carbocycles. The third kappa shape index (κ3) is 3.73. The normalized spacial score (nSPS) is 9.78. The lowest BCUT2D eigenvalue weighted by Crippen LogP contribution is -2.42. The van der Waals surface area contributed by atoms with Crippen LogP contribution in [0.1, 0.15) is 28.4 Å². The van der Waals surface area contributed by atoms with Gasteiger partial charge in [0.2, 0.25) is 0 Å². The molecular weight excluding hydrogens is 300 g/mol. The molecule has 0 saturated carbocycles. The Morgan fingerprint density at radius 1 is 1.28 bits per heavy atom. The van der Waals surface area contributed by atoms with E-state index in [1.807, 2.05) is 26.0 Å². The molecule has 0 unspecified atom stereocenters. The van der Waals surface area contributed by atoms with Gasteiger partial charge in [-0.05, 0) is 53.9 Å². The van der Waals surface area contributed by atoms with Crippen molar-refractivity contribution >= 4 is 27.9 Å². The summed E-state index contributed by atoms with van der Waals surface area (Å²) >= 11 is 3.33. The topological polar surface area (TPSA) is 67.4 Å². The van der Waals surface area contributed by atoms with Crippen LogP contribution in [0.15, 0.2) is 16.6 Å². The van der Waals surface area contributed by atoms with Crippen LogP contribution in [0, 0.1) is 13.8 Å². The molecule has 0 bridgehead atoms. The van der Waals surface area contributed by atoms with Crippen LogP contribution >= 0.6 is 15.9 Å². The second-order valence-corrected chi connectivity index (χ2v) is 4.59. The van der Waals surface area contributed by atoms with Crippen molar-refractivity contribution < 1.29 is 14.3 Å². The van der Waals surface area contributed by atoms with Crippen molar-refractivity contribution in [2.24, 2.45) is 0 Å². The van der Waals surface area contributed by atoms with E-state index in [0.717, 1.165) is 11.1 Å². The number of amides is 2. The smallest absolute Gasteiger partial charge is 0.426 e. The first-order chi connectivity index (χ1) is 8.45. The monoisotopic (exact) mass is 314 g/mol. The Hall–Kier alpha value is -1.56. The molecule has 2 amide bonds. The molecule has 0 spiro atoms. The highest BCUT2D eigenvalue weighted by Gasteiger charge is 2.14. The summed E-state index contributed by atoms with van der Waals surface area (Å²) in [4.78, 5) is 22.9. The summed E-state index contributed by atoms with van der Waals surface area (Å²) in [5.41, 5.74) is 6.82. The van der Waals surface area contributed by atoms with Gasteiger partial charge in [0.05, 0.1) is 12.2 Å². The highest BCUT2D eigenvalue weighted by Crippen LogP contribution is 2.22. The van der Waals surface area contributed by atoms with Gasteiger partial charge in [0.15, 0.2) is 0 Å². The number of halogens is 1. The predicted octanol–water partition coefficient (Wildman–Crippen LogP) is 2.46. The maximum absolute atomic E-state index is 11.9. The van der Waals surface area contributed by atoms with Gasteiger partial charge in [0.25, 0.3) is 5.91 Å². The third-order valence-corrected chi connectivity index (χ3v) is 2.84. The lowest BCUT2D eigenvalue weighted by atomic mass is 10.1. The average molecular weight is 315 g/mol. The SMILES string of the molecule is CCOC(=O)NNC(=O)c1c(C)cc(C)cc1Br. The van der Waals surface area contributed by atoms with Crippen LogP contribution in [0.25, 0.3) is 0 Å². The molecule has 1 rings (SSSR count). The number of ether oxygens (including phenoxy) is 1. The van der Waals surface area contributed by atoms with Gasteiger partial charge in [-0.15, -0.1) is 0 Å². The summed E-state index contributed by atoms with van der Waals surface area (Å²) in [5, 5.41) is 0. The number of carbonyl (C=O) groups is 2. The van der Waals surface area contributed by atoms with Gasteiger partial charge >= 0.3 is 6.09 Å². The fraction of sp³-hybridized carbons (Fsp3) is 0.333. The maximum Gasteiger partial charge on any atom is 0.426 e. The summed E-state index contributed by atoms with van der Waals surface area (Å²) in [6, 6.07) is 3.73. The van der Waals surface area contributed by atoms with E-state index < -0.39 is 12.0 Å². The third-order valence-electron chi connectivity index (χ3n) is 2.21. The minimum Gasteiger partial charge on any atom is -0.449 e. The van der Waals surface area contributed by atoms with Crippen molar-refractivity contribution in [3.05, 3.63) is 33.3 Å². The van der Waals surface area contributed by atoms with Gasteiger partial charge in [-0.25, -0.2) is 10.2 Å². The van der Waals surface area contributed by atoms with Crippen LogP contribution in [-0.2, 0) is 4.74 Å². The Bertz CT molecular complexity index is 451. The van der Waals surface area contributed by atoms with E-state index >= 15 is 0 Å². The quantitative estimate of drug-likeness (QED) is 0.824. The number of carbonyl (C=O) groups excluding carboxylic acids is 2. The van der Waals surface area contributed by atoms with Gasteiger partial charge in [0.1, 0.15) is 0 Å². The number of benzene rings is 1. The van der Waals surface area contributed by atoms with Crippen LogP contribution in [0.2, 0.25) is 0 Å². The van der Waals surface area contributed by atoms with Gasteiger partial charge in [-0.3, -0.25) is 10.2 Å². The van der Waals surface area contributed by atoms with E-state index in [-0.39, 0.29) is 6.61 Å². The van der Waals surface area contributed by atoms with E-state index in [9.17, 15) is 9.59 Å². The highest BCUT2D eigenvalue weighted by atomic mass is 79.9. The molecule has 0 aromatic heterocycles. The van der Waals surface area contributed by atoms with Crippen molar-refractivity contribution in [1.29, 1.82) is 0 Å². The van der Waals surface area contributed by atoms with E-state index in [1.54, 1.807) is 6.92 Å². The molecule has 1 aromatic rings. The second-order valence-electron chi connectivity index (χ2n) is 3.74. The van der Waals surface area contributed by atoms with Crippen molar-refractivity contribution in [1.82, 2.24) is 10.9 Å². The molecule has 0 aliphatic rings. The number of hydrogen-bond acceptors (Lipinski definition) is 3. The number of rotatable bonds is 2. The first kappa shape index (κ1) is 14.5. The molecule has 0 aliphatic heterocycles. The van der Waals surface area contributed by atoms with E-state index in [1.165, 1.54) is 0 Å². The van der Waals surface area contributed by atoms with Crippen LogP contribution in [0.4, 0.5) is 4.79 Å². The summed E-state index contributed by atoms with van der Waals surface area (Å²) < 4.78 is 5.31. The molecule has 1 aromatic carbocycles. The number of aryl methyl sites for hydroxylation is 2. The number of nitrogens with one attached hydrogen (secondary N) is 2. The van der Waals surface area contributed by atoms with Crippen LogP contribution in [0.5, 0.6) is 0 Å². The average Bonchev–Trinajstić information content (AvgIpc) is 2.25. The Morgan fingerprint density at radius 2 is 1.94 bits per heavy atom.